The molecule has 3 aromatic rings. The molecule has 1 saturated heterocycles. The van der Waals surface area contributed by atoms with Crippen molar-refractivity contribution >= 4 is 35.2 Å². The molecule has 1 fully saturated rings. The largest absolute Gasteiger partial charge is 0.495 e. The molecule has 1 amide bonds. The third-order valence-corrected chi connectivity index (χ3v) is 8.13. The van der Waals surface area contributed by atoms with Crippen molar-refractivity contribution in [2.24, 2.45) is 0 Å². The summed E-state index contributed by atoms with van der Waals surface area (Å²) in [5.74, 6) is -2.54. The first-order valence-corrected chi connectivity index (χ1v) is 15.5. The fraction of sp³-hybridized carbons (Fsp3) is 0.353. The van der Waals surface area contributed by atoms with Gasteiger partial charge in [-0.25, -0.2) is 9.59 Å². The summed E-state index contributed by atoms with van der Waals surface area (Å²) >= 11 is 6.15. The number of likely N-dealkylation sites (tertiary alicyclic amines) is 1. The molecule has 0 radical (unpaired) electrons. The number of methoxy groups -OCH3 is 1. The first-order chi connectivity index (χ1) is 22.5. The van der Waals surface area contributed by atoms with Crippen LogP contribution in [0.5, 0.6) is 5.75 Å². The van der Waals surface area contributed by atoms with Crippen molar-refractivity contribution in [1.82, 2.24) is 14.8 Å². The van der Waals surface area contributed by atoms with Crippen LogP contribution in [-0.4, -0.2) is 77.6 Å². The number of pyridine rings is 1. The molecule has 2 N–H and O–H groups in total. The zero-order chi connectivity index (χ0) is 34.1. The number of carbonyl (C=O) groups excluding carboxylic acids is 3. The standard InChI is InChI=1S/C34H35ClN4O8/c1-3-28(39-18-30(46-2)26(16-32(39)42)25-15-24(35)11-10-23(25)17-36)29(40)14-21-6-8-22(9-7-21)34(45)47-20-27(33(43)44)37-31(41)19-38-12-4-5-13-38/h6-11,15-16,18,27-28H,3-5,12-14,19-20H2,1-2H3,(H,37,41)(H,43,44)/t27-,28?/m0/s1. The predicted molar refractivity (Wildman–Crippen MR) is 172 cm³/mol. The summed E-state index contributed by atoms with van der Waals surface area (Å²) in [5, 5.41) is 21.8. The third-order valence-electron chi connectivity index (χ3n) is 7.90. The minimum absolute atomic E-state index is 0.0403. The van der Waals surface area contributed by atoms with E-state index in [-0.39, 0.29) is 30.1 Å². The van der Waals surface area contributed by atoms with Crippen LogP contribution in [0, 0.1) is 11.3 Å². The van der Waals surface area contributed by atoms with Crippen LogP contribution < -0.4 is 15.6 Å². The van der Waals surface area contributed by atoms with E-state index in [1.165, 1.54) is 36.1 Å². The molecule has 1 aromatic heterocycles. The number of carboxylic acid groups (broad SMARTS) is 1. The highest BCUT2D eigenvalue weighted by Gasteiger charge is 2.25. The second kappa shape index (κ2) is 16.0. The Hall–Kier alpha value is -4.99. The van der Waals surface area contributed by atoms with Gasteiger partial charge in [0.15, 0.2) is 11.8 Å². The average molecular weight is 663 g/mol. The van der Waals surface area contributed by atoms with Crippen molar-refractivity contribution in [2.45, 2.75) is 44.7 Å². The molecule has 47 heavy (non-hydrogen) atoms. The Bertz CT molecular complexity index is 1740. The minimum atomic E-state index is -1.40. The van der Waals surface area contributed by atoms with Crippen molar-refractivity contribution in [3.8, 4) is 22.9 Å². The van der Waals surface area contributed by atoms with Gasteiger partial charge < -0.3 is 24.5 Å². The van der Waals surface area contributed by atoms with E-state index in [1.54, 1.807) is 37.3 Å². The Kier molecular flexibility index (Phi) is 11.9. The number of nitriles is 1. The first-order valence-electron chi connectivity index (χ1n) is 15.1. The molecule has 2 heterocycles. The molecule has 0 spiro atoms. The summed E-state index contributed by atoms with van der Waals surface area (Å²) in [6, 6.07) is 11.9. The highest BCUT2D eigenvalue weighted by molar-refractivity contribution is 6.31. The maximum absolute atomic E-state index is 13.4. The van der Waals surface area contributed by atoms with E-state index in [9.17, 15) is 34.3 Å². The summed E-state index contributed by atoms with van der Waals surface area (Å²) in [6.07, 6.45) is 3.69. The lowest BCUT2D eigenvalue weighted by molar-refractivity contribution is -0.143. The van der Waals surface area contributed by atoms with Crippen LogP contribution in [0.2, 0.25) is 5.02 Å². The lowest BCUT2D eigenvalue weighted by Gasteiger charge is -2.20. The molecule has 12 nitrogen and oxygen atoms in total. The predicted octanol–water partition coefficient (Wildman–Crippen LogP) is 3.63. The number of Topliss-reactive ketones (excluding diaryl/α,β-unsaturated/α-hetero) is 1. The summed E-state index contributed by atoms with van der Waals surface area (Å²) in [6.45, 7) is 2.85. The fourth-order valence-electron chi connectivity index (χ4n) is 5.44. The van der Waals surface area contributed by atoms with Gasteiger partial charge in [0.05, 0.1) is 43.1 Å². The van der Waals surface area contributed by atoms with Crippen LogP contribution in [-0.2, 0) is 25.5 Å². The Balaban J connectivity index is 1.41. The summed E-state index contributed by atoms with van der Waals surface area (Å²) in [5.41, 5.74) is 1.36. The Labute approximate surface area is 276 Å². The second-order valence-corrected chi connectivity index (χ2v) is 11.5. The topological polar surface area (TPSA) is 168 Å². The van der Waals surface area contributed by atoms with Gasteiger partial charge in [-0.05, 0) is 68.2 Å². The minimum Gasteiger partial charge on any atom is -0.495 e. The normalized spacial score (nSPS) is 14.1. The molecular weight excluding hydrogens is 628 g/mol. The molecule has 246 valence electrons. The molecule has 1 unspecified atom stereocenters. The van der Waals surface area contributed by atoms with Crippen LogP contribution >= 0.6 is 11.6 Å². The first kappa shape index (κ1) is 34.9. The number of hydrogen-bond donors (Lipinski definition) is 2. The molecule has 0 aliphatic carbocycles. The SMILES string of the molecule is CCC(C(=O)Cc1ccc(C(=O)OC[C@H](NC(=O)CN2CCCC2)C(=O)O)cc1)n1cc(OC)c(-c2cc(Cl)ccc2C#N)cc1=O. The number of amides is 1. The number of carboxylic acids is 1. The smallest absolute Gasteiger partial charge is 0.338 e. The summed E-state index contributed by atoms with van der Waals surface area (Å²) in [4.78, 5) is 65.1. The van der Waals surface area contributed by atoms with Gasteiger partial charge in [0.1, 0.15) is 12.4 Å². The van der Waals surface area contributed by atoms with E-state index in [4.69, 9.17) is 21.1 Å². The monoisotopic (exact) mass is 662 g/mol. The van der Waals surface area contributed by atoms with Gasteiger partial charge >= 0.3 is 11.9 Å². The molecule has 0 bridgehead atoms. The van der Waals surface area contributed by atoms with Crippen LogP contribution in [0.3, 0.4) is 0 Å². The highest BCUT2D eigenvalue weighted by atomic mass is 35.5. The van der Waals surface area contributed by atoms with Gasteiger partial charge in [0.2, 0.25) is 5.91 Å². The Morgan fingerprint density at radius 1 is 1.06 bits per heavy atom. The molecule has 2 atom stereocenters. The van der Waals surface area contributed by atoms with Gasteiger partial charge in [-0.1, -0.05) is 30.7 Å². The van der Waals surface area contributed by atoms with Crippen molar-refractivity contribution in [3.63, 3.8) is 0 Å². The second-order valence-electron chi connectivity index (χ2n) is 11.1. The number of aromatic nitrogens is 1. The number of benzene rings is 2. The van der Waals surface area contributed by atoms with E-state index in [1.807, 2.05) is 4.90 Å². The number of carbonyl (C=O) groups is 4. The van der Waals surface area contributed by atoms with Crippen LogP contribution in [0.25, 0.3) is 11.1 Å². The van der Waals surface area contributed by atoms with Gasteiger partial charge in [0.25, 0.3) is 5.56 Å². The highest BCUT2D eigenvalue weighted by Crippen LogP contribution is 2.33. The fourth-order valence-corrected chi connectivity index (χ4v) is 5.61. The number of ketones is 1. The van der Waals surface area contributed by atoms with E-state index in [0.717, 1.165) is 25.9 Å². The van der Waals surface area contributed by atoms with E-state index in [2.05, 4.69) is 11.4 Å². The number of aliphatic carboxylic acids is 1. The Morgan fingerprint density at radius 3 is 2.38 bits per heavy atom. The quantitative estimate of drug-likeness (QED) is 0.243. The van der Waals surface area contributed by atoms with Crippen LogP contribution in [0.4, 0.5) is 0 Å². The summed E-state index contributed by atoms with van der Waals surface area (Å²) < 4.78 is 12.0. The number of nitrogens with zero attached hydrogens (tertiary/aromatic N) is 3. The maximum atomic E-state index is 13.4. The molecule has 0 saturated carbocycles. The lowest BCUT2D eigenvalue weighted by Crippen LogP contribution is -2.47. The van der Waals surface area contributed by atoms with E-state index in [0.29, 0.717) is 33.7 Å². The van der Waals surface area contributed by atoms with Gasteiger partial charge in [-0.3, -0.25) is 19.3 Å². The van der Waals surface area contributed by atoms with Gasteiger partial charge in [0, 0.05) is 28.6 Å². The molecular formula is C34H35ClN4O8. The van der Waals surface area contributed by atoms with Gasteiger partial charge in [-0.2, -0.15) is 5.26 Å². The zero-order valence-electron chi connectivity index (χ0n) is 26.0. The molecule has 2 aromatic carbocycles. The van der Waals surface area contributed by atoms with Crippen molar-refractivity contribution in [1.29, 1.82) is 5.26 Å². The van der Waals surface area contributed by atoms with E-state index < -0.39 is 42.1 Å². The Morgan fingerprint density at radius 2 is 1.77 bits per heavy atom. The summed E-state index contributed by atoms with van der Waals surface area (Å²) in [7, 11) is 1.42. The van der Waals surface area contributed by atoms with Crippen molar-refractivity contribution in [3.05, 3.63) is 86.8 Å². The van der Waals surface area contributed by atoms with Gasteiger partial charge in [-0.15, -0.1) is 0 Å². The number of esters is 1. The number of rotatable bonds is 14. The molecule has 4 rings (SSSR count). The van der Waals surface area contributed by atoms with Crippen molar-refractivity contribution < 1.29 is 33.8 Å². The lowest BCUT2D eigenvalue weighted by atomic mass is 9.98. The maximum Gasteiger partial charge on any atom is 0.338 e. The van der Waals surface area contributed by atoms with Crippen molar-refractivity contribution in [2.75, 3.05) is 33.4 Å². The molecule has 1 aliphatic rings. The molecule has 13 heteroatoms. The molecule has 1 aliphatic heterocycles. The number of ether oxygens (including phenoxy) is 2. The average Bonchev–Trinajstić information content (AvgIpc) is 3.56. The number of nitrogens with one attached hydrogen (secondary N) is 1. The van der Waals surface area contributed by atoms with Crippen LogP contribution in [0.1, 0.15) is 53.7 Å². The number of hydrogen-bond acceptors (Lipinski definition) is 9. The van der Waals surface area contributed by atoms with E-state index >= 15 is 0 Å². The zero-order valence-corrected chi connectivity index (χ0v) is 26.8. The third kappa shape index (κ3) is 8.84. The number of halogens is 1. The van der Waals surface area contributed by atoms with Crippen LogP contribution in [0.15, 0.2) is 59.5 Å².